The highest BCUT2D eigenvalue weighted by molar-refractivity contribution is 14.1. The second-order valence-electron chi connectivity index (χ2n) is 3.35. The SMILES string of the molecule is O=c1c(I)cncn1CCc1cccnc1. The molecule has 0 unspecified atom stereocenters. The van der Waals surface area contributed by atoms with Crippen LogP contribution in [0.3, 0.4) is 0 Å². The molecule has 2 aromatic heterocycles. The Balaban J connectivity index is 2.11. The Bertz CT molecular complexity index is 524. The lowest BCUT2D eigenvalue weighted by Gasteiger charge is -2.04. The molecule has 0 atom stereocenters. The molecule has 0 N–H and O–H groups in total. The molecule has 0 aliphatic carbocycles. The minimum Gasteiger partial charge on any atom is -0.298 e. The van der Waals surface area contributed by atoms with E-state index in [9.17, 15) is 4.79 Å². The Labute approximate surface area is 107 Å². The lowest BCUT2D eigenvalue weighted by Crippen LogP contribution is -2.23. The van der Waals surface area contributed by atoms with Crippen LogP contribution >= 0.6 is 22.6 Å². The molecule has 0 amide bonds. The summed E-state index contributed by atoms with van der Waals surface area (Å²) in [6.45, 7) is 0.633. The summed E-state index contributed by atoms with van der Waals surface area (Å²) < 4.78 is 2.26. The summed E-state index contributed by atoms with van der Waals surface area (Å²) >= 11 is 2.00. The van der Waals surface area contributed by atoms with Crippen LogP contribution in [0.2, 0.25) is 0 Å². The summed E-state index contributed by atoms with van der Waals surface area (Å²) in [5, 5.41) is 0. The van der Waals surface area contributed by atoms with Crippen LogP contribution in [0.15, 0.2) is 41.8 Å². The molecular formula is C11H10IN3O. The van der Waals surface area contributed by atoms with Gasteiger partial charge >= 0.3 is 0 Å². The predicted molar refractivity (Wildman–Crippen MR) is 69.2 cm³/mol. The molecule has 0 saturated heterocycles. The molecule has 0 saturated carbocycles. The Hall–Kier alpha value is -1.24. The van der Waals surface area contributed by atoms with Crippen molar-refractivity contribution in [2.75, 3.05) is 0 Å². The standard InChI is InChI=1S/C11H10IN3O/c12-10-7-14-8-15(11(10)16)5-3-9-2-1-4-13-6-9/h1-2,4,6-8H,3,5H2. The van der Waals surface area contributed by atoms with Gasteiger partial charge in [0.2, 0.25) is 0 Å². The highest BCUT2D eigenvalue weighted by Crippen LogP contribution is 1.99. The van der Waals surface area contributed by atoms with Crippen molar-refractivity contribution in [2.24, 2.45) is 0 Å². The maximum atomic E-state index is 11.7. The minimum absolute atomic E-state index is 0.0134. The van der Waals surface area contributed by atoms with Crippen LogP contribution in [-0.4, -0.2) is 14.5 Å². The maximum absolute atomic E-state index is 11.7. The third-order valence-electron chi connectivity index (χ3n) is 2.22. The van der Waals surface area contributed by atoms with Gasteiger partial charge in [0.25, 0.3) is 5.56 Å². The number of aromatic nitrogens is 3. The number of hydrogen-bond donors (Lipinski definition) is 0. The largest absolute Gasteiger partial charge is 0.298 e. The van der Waals surface area contributed by atoms with Gasteiger partial charge in [0.15, 0.2) is 0 Å². The Morgan fingerprint density at radius 2 is 2.19 bits per heavy atom. The van der Waals surface area contributed by atoms with Crippen LogP contribution in [0.25, 0.3) is 0 Å². The fraction of sp³-hybridized carbons (Fsp3) is 0.182. The van der Waals surface area contributed by atoms with Crippen molar-refractivity contribution < 1.29 is 0 Å². The highest BCUT2D eigenvalue weighted by atomic mass is 127. The van der Waals surface area contributed by atoms with Gasteiger partial charge in [0.05, 0.1) is 9.90 Å². The first kappa shape index (κ1) is 11.3. The number of nitrogens with zero attached hydrogens (tertiary/aromatic N) is 3. The second kappa shape index (κ2) is 5.20. The zero-order valence-electron chi connectivity index (χ0n) is 8.51. The molecular weight excluding hydrogens is 317 g/mol. The molecule has 0 aromatic carbocycles. The lowest BCUT2D eigenvalue weighted by atomic mass is 10.2. The number of hydrogen-bond acceptors (Lipinski definition) is 3. The van der Waals surface area contributed by atoms with E-state index in [1.54, 1.807) is 23.3 Å². The first-order chi connectivity index (χ1) is 7.77. The van der Waals surface area contributed by atoms with E-state index in [0.29, 0.717) is 10.1 Å². The van der Waals surface area contributed by atoms with Gasteiger partial charge in [-0.05, 0) is 40.6 Å². The molecule has 2 aromatic rings. The van der Waals surface area contributed by atoms with Gasteiger partial charge in [0, 0.05) is 25.1 Å². The van der Waals surface area contributed by atoms with Crippen molar-refractivity contribution in [3.63, 3.8) is 0 Å². The zero-order chi connectivity index (χ0) is 11.4. The molecule has 0 spiro atoms. The number of aryl methyl sites for hydroxylation is 2. The summed E-state index contributed by atoms with van der Waals surface area (Å²) in [7, 11) is 0. The van der Waals surface area contributed by atoms with Gasteiger partial charge in [-0.15, -0.1) is 0 Å². The predicted octanol–water partition coefficient (Wildman–Crippen LogP) is 1.49. The number of rotatable bonds is 3. The first-order valence-electron chi connectivity index (χ1n) is 4.86. The average molecular weight is 327 g/mol. The van der Waals surface area contributed by atoms with E-state index in [0.717, 1.165) is 12.0 Å². The Morgan fingerprint density at radius 1 is 1.31 bits per heavy atom. The summed E-state index contributed by atoms with van der Waals surface area (Å²) in [6, 6.07) is 3.89. The molecule has 2 heterocycles. The van der Waals surface area contributed by atoms with Crippen LogP contribution in [0.5, 0.6) is 0 Å². The van der Waals surface area contributed by atoms with E-state index < -0.39 is 0 Å². The minimum atomic E-state index is 0.0134. The first-order valence-corrected chi connectivity index (χ1v) is 5.94. The molecule has 2 rings (SSSR count). The van der Waals surface area contributed by atoms with Crippen LogP contribution in [0.1, 0.15) is 5.56 Å². The van der Waals surface area contributed by atoms with Gasteiger partial charge < -0.3 is 0 Å². The van der Waals surface area contributed by atoms with Crippen molar-refractivity contribution in [1.29, 1.82) is 0 Å². The molecule has 82 valence electrons. The molecule has 4 nitrogen and oxygen atoms in total. The third-order valence-corrected chi connectivity index (χ3v) is 2.96. The maximum Gasteiger partial charge on any atom is 0.266 e. The Kier molecular flexibility index (Phi) is 3.66. The van der Waals surface area contributed by atoms with Crippen LogP contribution in [0, 0.1) is 3.57 Å². The molecule has 16 heavy (non-hydrogen) atoms. The zero-order valence-corrected chi connectivity index (χ0v) is 10.7. The third kappa shape index (κ3) is 2.66. The van der Waals surface area contributed by atoms with Crippen molar-refractivity contribution >= 4 is 22.6 Å². The molecule has 0 aliphatic rings. The van der Waals surface area contributed by atoms with Crippen LogP contribution < -0.4 is 5.56 Å². The normalized spacial score (nSPS) is 10.3. The number of halogens is 1. The molecule has 5 heteroatoms. The lowest BCUT2D eigenvalue weighted by molar-refractivity contribution is 0.649. The van der Waals surface area contributed by atoms with Gasteiger partial charge in [-0.3, -0.25) is 14.3 Å². The van der Waals surface area contributed by atoms with Crippen molar-refractivity contribution in [3.05, 3.63) is 56.5 Å². The van der Waals surface area contributed by atoms with E-state index in [2.05, 4.69) is 9.97 Å². The van der Waals surface area contributed by atoms with Gasteiger partial charge in [-0.2, -0.15) is 0 Å². The summed E-state index contributed by atoms with van der Waals surface area (Å²) in [6.07, 6.45) is 7.48. The molecule has 0 radical (unpaired) electrons. The van der Waals surface area contributed by atoms with Gasteiger partial charge in [-0.25, -0.2) is 4.98 Å². The monoisotopic (exact) mass is 327 g/mol. The average Bonchev–Trinajstić information content (AvgIpc) is 2.32. The van der Waals surface area contributed by atoms with Gasteiger partial charge in [-0.1, -0.05) is 6.07 Å². The number of pyridine rings is 1. The fourth-order valence-corrected chi connectivity index (χ4v) is 1.85. The van der Waals surface area contributed by atoms with Crippen molar-refractivity contribution in [3.8, 4) is 0 Å². The van der Waals surface area contributed by atoms with E-state index in [4.69, 9.17) is 0 Å². The van der Waals surface area contributed by atoms with E-state index in [1.807, 2.05) is 40.9 Å². The van der Waals surface area contributed by atoms with Crippen molar-refractivity contribution in [2.45, 2.75) is 13.0 Å². The fourth-order valence-electron chi connectivity index (χ4n) is 1.38. The van der Waals surface area contributed by atoms with Crippen molar-refractivity contribution in [1.82, 2.24) is 14.5 Å². The molecule has 0 bridgehead atoms. The molecule has 0 fully saturated rings. The smallest absolute Gasteiger partial charge is 0.266 e. The van der Waals surface area contributed by atoms with Crippen LogP contribution in [-0.2, 0) is 13.0 Å². The quantitative estimate of drug-likeness (QED) is 0.803. The van der Waals surface area contributed by atoms with Crippen LogP contribution in [0.4, 0.5) is 0 Å². The second-order valence-corrected chi connectivity index (χ2v) is 4.51. The topological polar surface area (TPSA) is 47.8 Å². The highest BCUT2D eigenvalue weighted by Gasteiger charge is 2.00. The summed E-state index contributed by atoms with van der Waals surface area (Å²) in [4.78, 5) is 19.7. The van der Waals surface area contributed by atoms with Gasteiger partial charge in [0.1, 0.15) is 0 Å². The van der Waals surface area contributed by atoms with E-state index in [-0.39, 0.29) is 5.56 Å². The Morgan fingerprint density at radius 3 is 2.94 bits per heavy atom. The van der Waals surface area contributed by atoms with E-state index in [1.165, 1.54) is 0 Å². The summed E-state index contributed by atoms with van der Waals surface area (Å²) in [5.41, 5.74) is 1.13. The van der Waals surface area contributed by atoms with E-state index >= 15 is 0 Å². The molecule has 0 aliphatic heterocycles. The summed E-state index contributed by atoms with van der Waals surface area (Å²) in [5.74, 6) is 0.